The van der Waals surface area contributed by atoms with Crippen LogP contribution in [-0.2, 0) is 0 Å². The fourth-order valence-electron chi connectivity index (χ4n) is 4.36. The highest BCUT2D eigenvalue weighted by Crippen LogP contribution is 2.48. The van der Waals surface area contributed by atoms with Crippen LogP contribution < -0.4 is 16.2 Å². The Kier molecular flexibility index (Phi) is 4.22. The summed E-state index contributed by atoms with van der Waals surface area (Å²) in [6.07, 6.45) is 3.85. The highest BCUT2D eigenvalue weighted by molar-refractivity contribution is 5.97. The summed E-state index contributed by atoms with van der Waals surface area (Å²) < 4.78 is 15.2. The molecular formula is C20H24FN3O3. The molecule has 4 rings (SSSR count). The number of aromatic carboxylic acids is 1. The van der Waals surface area contributed by atoms with Gasteiger partial charge in [0, 0.05) is 30.9 Å². The highest BCUT2D eigenvalue weighted by Gasteiger charge is 2.38. The van der Waals surface area contributed by atoms with Crippen molar-refractivity contribution in [3.05, 3.63) is 45.1 Å². The van der Waals surface area contributed by atoms with Crippen LogP contribution in [0.25, 0.3) is 5.52 Å². The summed E-state index contributed by atoms with van der Waals surface area (Å²) in [6.45, 7) is 5.02. The van der Waals surface area contributed by atoms with Crippen molar-refractivity contribution in [2.24, 2.45) is 11.7 Å². The number of nitrogens with zero attached hydrogens (tertiary/aromatic N) is 2. The first-order chi connectivity index (χ1) is 12.8. The minimum absolute atomic E-state index is 0.00467. The topological polar surface area (TPSA) is 88.0 Å². The molecule has 0 spiro atoms. The number of nitrogens with two attached hydrogens (primary N) is 1. The summed E-state index contributed by atoms with van der Waals surface area (Å²) in [5.41, 5.74) is 7.81. The molecule has 0 aromatic carbocycles. The predicted molar refractivity (Wildman–Crippen MR) is 101 cm³/mol. The third kappa shape index (κ3) is 2.90. The number of aromatic nitrogens is 1. The fraction of sp³-hybridized carbons (Fsp3) is 0.500. The number of pyridine rings is 2. The molecule has 7 heteroatoms. The molecule has 144 valence electrons. The summed E-state index contributed by atoms with van der Waals surface area (Å²) in [4.78, 5) is 27.1. The van der Waals surface area contributed by atoms with E-state index < -0.39 is 17.3 Å². The van der Waals surface area contributed by atoms with E-state index in [0.29, 0.717) is 29.9 Å². The monoisotopic (exact) mass is 373 g/mol. The largest absolute Gasteiger partial charge is 0.477 e. The Bertz CT molecular complexity index is 994. The van der Waals surface area contributed by atoms with Gasteiger partial charge in [0.2, 0.25) is 0 Å². The number of anilines is 1. The zero-order valence-electron chi connectivity index (χ0n) is 15.5. The third-order valence-electron chi connectivity index (χ3n) is 5.88. The molecule has 2 aromatic heterocycles. The van der Waals surface area contributed by atoms with Gasteiger partial charge in [-0.1, -0.05) is 0 Å². The molecular weight excluding hydrogens is 349 g/mol. The van der Waals surface area contributed by atoms with E-state index in [1.54, 1.807) is 6.92 Å². The summed E-state index contributed by atoms with van der Waals surface area (Å²) >= 11 is 0. The van der Waals surface area contributed by atoms with Crippen LogP contribution in [0.1, 0.15) is 53.6 Å². The van der Waals surface area contributed by atoms with Gasteiger partial charge in [-0.2, -0.15) is 0 Å². The second kappa shape index (κ2) is 6.34. The summed E-state index contributed by atoms with van der Waals surface area (Å²) in [6, 6.07) is 1.41. The summed E-state index contributed by atoms with van der Waals surface area (Å²) in [7, 11) is 0. The Morgan fingerprint density at radius 3 is 2.63 bits per heavy atom. The van der Waals surface area contributed by atoms with Gasteiger partial charge in [0.1, 0.15) is 11.4 Å². The number of carboxylic acid groups (broad SMARTS) is 1. The first-order valence-corrected chi connectivity index (χ1v) is 9.41. The Hall–Kier alpha value is -2.41. The molecule has 3 heterocycles. The second-order valence-electron chi connectivity index (χ2n) is 7.94. The molecule has 2 aliphatic rings. The van der Waals surface area contributed by atoms with Crippen LogP contribution in [0.4, 0.5) is 10.1 Å². The van der Waals surface area contributed by atoms with Gasteiger partial charge in [0.15, 0.2) is 0 Å². The van der Waals surface area contributed by atoms with Crippen molar-refractivity contribution in [3.8, 4) is 0 Å². The second-order valence-corrected chi connectivity index (χ2v) is 7.94. The number of aryl methyl sites for hydroxylation is 1. The molecule has 2 atom stereocenters. The molecule has 2 fully saturated rings. The van der Waals surface area contributed by atoms with Crippen molar-refractivity contribution >= 4 is 17.2 Å². The number of hydrogen-bond acceptors (Lipinski definition) is 4. The van der Waals surface area contributed by atoms with E-state index >= 15 is 0 Å². The number of carbonyl (C=O) groups is 1. The average Bonchev–Trinajstić information content (AvgIpc) is 3.30. The van der Waals surface area contributed by atoms with Gasteiger partial charge >= 0.3 is 5.97 Å². The van der Waals surface area contributed by atoms with Gasteiger partial charge in [-0.05, 0) is 56.6 Å². The number of halogens is 1. The standard InChI is InChI=1S/C20H24FN3O3/c1-10-7-14(21)9-24-17(10)15(12-3-4-12)18(16(19(24)25)20(26)27)23-6-5-13(8-23)11(2)22/h7,9,11-13H,3-6,8,22H2,1-2H3,(H,26,27). The lowest BCUT2D eigenvalue weighted by Gasteiger charge is -2.26. The van der Waals surface area contributed by atoms with Crippen molar-refractivity contribution in [2.45, 2.75) is 45.1 Å². The van der Waals surface area contributed by atoms with Crippen molar-refractivity contribution < 1.29 is 14.3 Å². The van der Waals surface area contributed by atoms with Crippen LogP contribution in [-0.4, -0.2) is 34.6 Å². The average molecular weight is 373 g/mol. The van der Waals surface area contributed by atoms with E-state index in [1.807, 2.05) is 11.8 Å². The molecule has 6 nitrogen and oxygen atoms in total. The minimum Gasteiger partial charge on any atom is -0.477 e. The number of carboxylic acids is 1. The molecule has 27 heavy (non-hydrogen) atoms. The molecule has 0 amide bonds. The van der Waals surface area contributed by atoms with E-state index in [1.165, 1.54) is 10.5 Å². The Balaban J connectivity index is 2.05. The normalized spacial score (nSPS) is 21.0. The van der Waals surface area contributed by atoms with E-state index in [-0.39, 0.29) is 23.4 Å². The van der Waals surface area contributed by atoms with Gasteiger partial charge in [0.25, 0.3) is 5.56 Å². The van der Waals surface area contributed by atoms with Gasteiger partial charge < -0.3 is 15.7 Å². The van der Waals surface area contributed by atoms with Crippen LogP contribution in [0, 0.1) is 18.7 Å². The van der Waals surface area contributed by atoms with Crippen LogP contribution >= 0.6 is 0 Å². The molecule has 0 bridgehead atoms. The summed E-state index contributed by atoms with van der Waals surface area (Å²) in [5.74, 6) is -1.36. The van der Waals surface area contributed by atoms with Crippen LogP contribution in [0.5, 0.6) is 0 Å². The zero-order valence-corrected chi connectivity index (χ0v) is 15.5. The first-order valence-electron chi connectivity index (χ1n) is 9.41. The Morgan fingerprint density at radius 1 is 1.37 bits per heavy atom. The third-order valence-corrected chi connectivity index (χ3v) is 5.88. The molecule has 0 radical (unpaired) electrons. The predicted octanol–water partition coefficient (Wildman–Crippen LogP) is 2.50. The van der Waals surface area contributed by atoms with Gasteiger partial charge in [-0.15, -0.1) is 0 Å². The Labute approximate surface area is 156 Å². The maximum atomic E-state index is 14.0. The van der Waals surface area contributed by atoms with Gasteiger partial charge in [-0.3, -0.25) is 9.20 Å². The lowest BCUT2D eigenvalue weighted by Crippen LogP contribution is -2.34. The summed E-state index contributed by atoms with van der Waals surface area (Å²) in [5, 5.41) is 9.85. The number of rotatable bonds is 4. The van der Waals surface area contributed by atoms with Crippen molar-refractivity contribution in [1.29, 1.82) is 0 Å². The SMILES string of the molecule is Cc1cc(F)cn2c(=O)c(C(=O)O)c(N3CCC(C(C)N)C3)c(C3CC3)c12. The highest BCUT2D eigenvalue weighted by atomic mass is 19.1. The van der Waals surface area contributed by atoms with Crippen molar-refractivity contribution in [3.63, 3.8) is 0 Å². The van der Waals surface area contributed by atoms with Crippen molar-refractivity contribution in [2.75, 3.05) is 18.0 Å². The number of fused-ring (bicyclic) bond motifs is 1. The molecule has 1 saturated heterocycles. The zero-order chi connectivity index (χ0) is 19.5. The lowest BCUT2D eigenvalue weighted by atomic mass is 9.99. The van der Waals surface area contributed by atoms with E-state index in [0.717, 1.165) is 31.0 Å². The molecule has 1 saturated carbocycles. The van der Waals surface area contributed by atoms with E-state index in [2.05, 4.69) is 0 Å². The molecule has 2 aromatic rings. The molecule has 1 aliphatic heterocycles. The lowest BCUT2D eigenvalue weighted by molar-refractivity contribution is 0.0695. The quantitative estimate of drug-likeness (QED) is 0.860. The van der Waals surface area contributed by atoms with Crippen LogP contribution in [0.2, 0.25) is 0 Å². The van der Waals surface area contributed by atoms with Gasteiger partial charge in [0.05, 0.1) is 11.2 Å². The molecule has 3 N–H and O–H groups in total. The smallest absolute Gasteiger partial charge is 0.343 e. The molecule has 1 aliphatic carbocycles. The maximum absolute atomic E-state index is 14.0. The van der Waals surface area contributed by atoms with Crippen LogP contribution in [0.15, 0.2) is 17.1 Å². The van der Waals surface area contributed by atoms with Crippen LogP contribution in [0.3, 0.4) is 0 Å². The Morgan fingerprint density at radius 2 is 2.07 bits per heavy atom. The van der Waals surface area contributed by atoms with E-state index in [9.17, 15) is 19.1 Å². The minimum atomic E-state index is -1.27. The van der Waals surface area contributed by atoms with Crippen molar-refractivity contribution in [1.82, 2.24) is 4.40 Å². The van der Waals surface area contributed by atoms with E-state index in [4.69, 9.17) is 5.73 Å². The first kappa shape index (κ1) is 18.0. The fourth-order valence-corrected chi connectivity index (χ4v) is 4.36. The maximum Gasteiger partial charge on any atom is 0.343 e. The number of hydrogen-bond donors (Lipinski definition) is 2. The molecule has 2 unspecified atom stereocenters. The van der Waals surface area contributed by atoms with Gasteiger partial charge in [-0.25, -0.2) is 9.18 Å².